The van der Waals surface area contributed by atoms with Crippen molar-refractivity contribution in [3.8, 4) is 0 Å². The number of aromatic amines is 2. The van der Waals surface area contributed by atoms with Crippen LogP contribution in [0.1, 0.15) is 58.5 Å². The van der Waals surface area contributed by atoms with Crippen molar-refractivity contribution in [3.63, 3.8) is 0 Å². The minimum Gasteiger partial charge on any atom is -0.365 e. The Morgan fingerprint density at radius 3 is 2.86 bits per heavy atom. The maximum atomic E-state index is 11.4. The largest absolute Gasteiger partial charge is 0.365 e. The fourth-order valence-electron chi connectivity index (χ4n) is 5.45. The molecule has 0 saturated heterocycles. The molecule has 4 N–H and O–H groups in total. The molecule has 36 heavy (non-hydrogen) atoms. The molecule has 1 atom stereocenters. The molecular formula is C30H34N4O2. The van der Waals surface area contributed by atoms with Crippen LogP contribution >= 0.6 is 0 Å². The van der Waals surface area contributed by atoms with Gasteiger partial charge in [-0.2, -0.15) is 0 Å². The number of fused-ring (bicyclic) bond motifs is 2. The zero-order valence-corrected chi connectivity index (χ0v) is 21.0. The lowest BCUT2D eigenvalue weighted by Gasteiger charge is -2.29. The van der Waals surface area contributed by atoms with Crippen LogP contribution in [0.4, 0.5) is 0 Å². The molecule has 2 aromatic heterocycles. The van der Waals surface area contributed by atoms with Gasteiger partial charge >= 0.3 is 0 Å². The van der Waals surface area contributed by atoms with E-state index in [0.29, 0.717) is 6.04 Å². The van der Waals surface area contributed by atoms with Gasteiger partial charge in [-0.05, 0) is 84.2 Å². The highest BCUT2D eigenvalue weighted by atomic mass is 16.5. The summed E-state index contributed by atoms with van der Waals surface area (Å²) in [6.07, 6.45) is 11.5. The molecule has 4 aromatic rings. The van der Waals surface area contributed by atoms with Crippen LogP contribution in [0.2, 0.25) is 0 Å². The minimum absolute atomic E-state index is 0.353. The SMILES string of the molecule is CCc1cc(CN(CCc2c[nH]c3cc(C)ccc23)C2CCc3cc(C=CC(=O)NO)ccc32)c[nH]1. The van der Waals surface area contributed by atoms with Gasteiger partial charge in [-0.25, -0.2) is 5.48 Å². The number of carbonyl (C=O) groups is 1. The van der Waals surface area contributed by atoms with Gasteiger partial charge in [0.25, 0.3) is 5.91 Å². The molecule has 0 fully saturated rings. The van der Waals surface area contributed by atoms with Crippen molar-refractivity contribution in [2.45, 2.75) is 52.1 Å². The topological polar surface area (TPSA) is 84.2 Å². The van der Waals surface area contributed by atoms with Crippen LogP contribution in [0.5, 0.6) is 0 Å². The molecule has 5 rings (SSSR count). The van der Waals surface area contributed by atoms with E-state index in [-0.39, 0.29) is 0 Å². The molecule has 0 bridgehead atoms. The number of benzene rings is 2. The third kappa shape index (κ3) is 5.15. The standard InChI is InChI=1S/C30H34N4O2/c1-3-25-16-22(17-31-25)19-34(13-12-24-18-32-28-14-20(2)4-8-26(24)28)29-10-7-23-15-21(5-9-27(23)29)6-11-30(35)33-36/h4-6,8-9,11,14-18,29,31-32,36H,3,7,10,12-13,19H2,1-2H3,(H,33,35). The van der Waals surface area contributed by atoms with E-state index in [9.17, 15) is 4.79 Å². The molecule has 1 amide bonds. The summed E-state index contributed by atoms with van der Waals surface area (Å²) in [5, 5.41) is 10.0. The first-order valence-electron chi connectivity index (χ1n) is 12.8. The molecule has 0 radical (unpaired) electrons. The first-order chi connectivity index (χ1) is 17.5. The third-order valence-corrected chi connectivity index (χ3v) is 7.35. The Balaban J connectivity index is 1.39. The number of H-pyrrole nitrogens is 2. The van der Waals surface area contributed by atoms with Crippen LogP contribution in [0.25, 0.3) is 17.0 Å². The highest BCUT2D eigenvalue weighted by molar-refractivity contribution is 5.90. The summed E-state index contributed by atoms with van der Waals surface area (Å²) in [7, 11) is 0. The quantitative estimate of drug-likeness (QED) is 0.142. The molecule has 0 spiro atoms. The van der Waals surface area contributed by atoms with Gasteiger partial charge in [-0.1, -0.05) is 37.3 Å². The van der Waals surface area contributed by atoms with Gasteiger partial charge in [0.1, 0.15) is 0 Å². The fraction of sp³-hybridized carbons (Fsp3) is 0.300. The Morgan fingerprint density at radius 1 is 1.17 bits per heavy atom. The Hall–Kier alpha value is -3.61. The first kappa shape index (κ1) is 24.1. The van der Waals surface area contributed by atoms with E-state index >= 15 is 0 Å². The summed E-state index contributed by atoms with van der Waals surface area (Å²) in [5.41, 5.74) is 11.7. The summed E-state index contributed by atoms with van der Waals surface area (Å²) >= 11 is 0. The van der Waals surface area contributed by atoms with Crippen molar-refractivity contribution < 1.29 is 10.0 Å². The lowest BCUT2D eigenvalue weighted by Crippen LogP contribution is -2.29. The maximum absolute atomic E-state index is 11.4. The van der Waals surface area contributed by atoms with E-state index in [4.69, 9.17) is 5.21 Å². The third-order valence-electron chi connectivity index (χ3n) is 7.35. The maximum Gasteiger partial charge on any atom is 0.267 e. The van der Waals surface area contributed by atoms with E-state index in [1.807, 2.05) is 0 Å². The van der Waals surface area contributed by atoms with Gasteiger partial charge in [0.2, 0.25) is 0 Å². The van der Waals surface area contributed by atoms with Gasteiger partial charge in [0.05, 0.1) is 0 Å². The highest BCUT2D eigenvalue weighted by Crippen LogP contribution is 2.37. The minimum atomic E-state index is -0.523. The van der Waals surface area contributed by atoms with Crippen molar-refractivity contribution in [2.75, 3.05) is 6.54 Å². The van der Waals surface area contributed by atoms with Crippen LogP contribution in [-0.2, 0) is 30.6 Å². The lowest BCUT2D eigenvalue weighted by molar-refractivity contribution is -0.124. The Morgan fingerprint density at radius 2 is 2.06 bits per heavy atom. The summed E-state index contributed by atoms with van der Waals surface area (Å²) in [6.45, 7) is 6.18. The average molecular weight is 483 g/mol. The van der Waals surface area contributed by atoms with E-state index < -0.39 is 5.91 Å². The van der Waals surface area contributed by atoms with E-state index in [0.717, 1.165) is 44.3 Å². The highest BCUT2D eigenvalue weighted by Gasteiger charge is 2.28. The van der Waals surface area contributed by atoms with Crippen LogP contribution < -0.4 is 5.48 Å². The number of hydroxylamine groups is 1. The molecule has 2 aromatic carbocycles. The van der Waals surface area contributed by atoms with Crippen molar-refractivity contribution in [1.29, 1.82) is 0 Å². The first-order valence-corrected chi connectivity index (χ1v) is 12.8. The predicted octanol–water partition coefficient (Wildman–Crippen LogP) is 5.62. The summed E-state index contributed by atoms with van der Waals surface area (Å²) in [6, 6.07) is 15.7. The lowest BCUT2D eigenvalue weighted by atomic mass is 10.0. The second-order valence-electron chi connectivity index (χ2n) is 9.79. The van der Waals surface area contributed by atoms with Crippen LogP contribution in [0, 0.1) is 6.92 Å². The molecule has 0 aliphatic heterocycles. The number of hydrogen-bond acceptors (Lipinski definition) is 3. The van der Waals surface area contributed by atoms with Crippen molar-refractivity contribution >= 4 is 22.9 Å². The zero-order valence-electron chi connectivity index (χ0n) is 21.0. The van der Waals surface area contributed by atoms with Crippen molar-refractivity contribution in [1.82, 2.24) is 20.3 Å². The molecule has 1 aliphatic carbocycles. The van der Waals surface area contributed by atoms with Gasteiger partial charge in [0.15, 0.2) is 0 Å². The number of rotatable bonds is 9. The zero-order chi connectivity index (χ0) is 25.1. The van der Waals surface area contributed by atoms with E-state index in [1.54, 1.807) is 11.6 Å². The molecule has 6 heteroatoms. The normalized spacial score (nSPS) is 15.3. The number of aryl methyl sites for hydroxylation is 3. The monoisotopic (exact) mass is 482 g/mol. The Kier molecular flexibility index (Phi) is 7.07. The van der Waals surface area contributed by atoms with Crippen LogP contribution in [0.15, 0.2) is 60.9 Å². The molecule has 0 saturated carbocycles. The van der Waals surface area contributed by atoms with Crippen molar-refractivity contribution in [2.24, 2.45) is 0 Å². The molecule has 186 valence electrons. The molecule has 2 heterocycles. The van der Waals surface area contributed by atoms with Gasteiger partial charge in [0, 0.05) is 54.2 Å². The Bertz CT molecular complexity index is 1400. The smallest absolute Gasteiger partial charge is 0.267 e. The number of carbonyl (C=O) groups excluding carboxylic acids is 1. The van der Waals surface area contributed by atoms with Gasteiger partial charge in [-0.15, -0.1) is 0 Å². The second-order valence-corrected chi connectivity index (χ2v) is 9.79. The number of nitrogens with zero attached hydrogens (tertiary/aromatic N) is 1. The molecule has 1 aliphatic rings. The summed E-state index contributed by atoms with van der Waals surface area (Å²) in [5.74, 6) is -0.523. The second kappa shape index (κ2) is 10.6. The number of aromatic nitrogens is 2. The van der Waals surface area contributed by atoms with E-state index in [1.165, 1.54) is 50.5 Å². The van der Waals surface area contributed by atoms with Crippen molar-refractivity contribution in [3.05, 3.63) is 100 Å². The molecular weight excluding hydrogens is 448 g/mol. The van der Waals surface area contributed by atoms with Gasteiger partial charge in [-0.3, -0.25) is 14.9 Å². The fourth-order valence-corrected chi connectivity index (χ4v) is 5.45. The predicted molar refractivity (Wildman–Crippen MR) is 144 cm³/mol. The van der Waals surface area contributed by atoms with Crippen LogP contribution in [0.3, 0.4) is 0 Å². The van der Waals surface area contributed by atoms with Crippen LogP contribution in [-0.4, -0.2) is 32.5 Å². The number of hydrogen-bond donors (Lipinski definition) is 4. The van der Waals surface area contributed by atoms with Gasteiger partial charge < -0.3 is 9.97 Å². The summed E-state index contributed by atoms with van der Waals surface area (Å²) < 4.78 is 0. The number of nitrogens with one attached hydrogen (secondary N) is 3. The average Bonchev–Trinajstić information content (AvgIpc) is 3.62. The Labute approximate surface area is 212 Å². The number of amides is 1. The summed E-state index contributed by atoms with van der Waals surface area (Å²) in [4.78, 5) is 20.9. The van der Waals surface area contributed by atoms with E-state index in [2.05, 4.69) is 83.6 Å². The molecule has 1 unspecified atom stereocenters. The molecule has 6 nitrogen and oxygen atoms in total.